The predicted molar refractivity (Wildman–Crippen MR) is 73.6 cm³/mol. The van der Waals surface area contributed by atoms with Gasteiger partial charge in [-0.1, -0.05) is 6.92 Å². The van der Waals surface area contributed by atoms with E-state index in [4.69, 9.17) is 9.26 Å². The molecule has 0 aromatic carbocycles. The van der Waals surface area contributed by atoms with E-state index in [0.717, 1.165) is 0 Å². The van der Waals surface area contributed by atoms with Gasteiger partial charge in [-0.05, 0) is 26.2 Å². The molecule has 3 atom stereocenters. The summed E-state index contributed by atoms with van der Waals surface area (Å²) in [6, 6.07) is 1.82. The van der Waals surface area contributed by atoms with Crippen molar-refractivity contribution in [2.24, 2.45) is 0 Å². The van der Waals surface area contributed by atoms with Gasteiger partial charge in [0.15, 0.2) is 8.69 Å². The van der Waals surface area contributed by atoms with Crippen LogP contribution in [0.4, 0.5) is 0 Å². The first-order valence-corrected chi connectivity index (χ1v) is 7.36. The predicted octanol–water partition coefficient (Wildman–Crippen LogP) is 1.19. The molecule has 0 radical (unpaired) electrons. The second-order valence-electron chi connectivity index (χ2n) is 4.22. The molecule has 0 aliphatic carbocycles. The Morgan fingerprint density at radius 1 is 1.45 bits per heavy atom. The quantitative estimate of drug-likeness (QED) is 0.507. The summed E-state index contributed by atoms with van der Waals surface area (Å²) in [7, 11) is -1.35. The highest BCUT2D eigenvalue weighted by Gasteiger charge is 2.41. The Hall–Kier alpha value is -1.38. The third-order valence-corrected chi connectivity index (χ3v) is 3.24. The Labute approximate surface area is 119 Å². The van der Waals surface area contributed by atoms with E-state index >= 15 is 0 Å². The van der Waals surface area contributed by atoms with Gasteiger partial charge in [-0.2, -0.15) is 5.26 Å². The van der Waals surface area contributed by atoms with Crippen LogP contribution in [0.25, 0.3) is 0 Å². The van der Waals surface area contributed by atoms with E-state index in [-0.39, 0.29) is 19.1 Å². The number of carbonyl (C=O) groups excluding carboxylic acids is 2. The van der Waals surface area contributed by atoms with Gasteiger partial charge < -0.3 is 14.6 Å². The molecule has 0 saturated heterocycles. The minimum atomic E-state index is -1.73. The monoisotopic (exact) mass is 304 g/mol. The Kier molecular flexibility index (Phi) is 8.86. The number of carbonyl (C=O) groups is 2. The largest absolute Gasteiger partial charge is 0.463 e. The Bertz CT molecular complexity index is 396. The second-order valence-corrected chi connectivity index (χ2v) is 4.68. The zero-order valence-electron chi connectivity index (χ0n) is 12.0. The molecule has 1 amide bonds. The Morgan fingerprint density at radius 3 is 2.50 bits per heavy atom. The van der Waals surface area contributed by atoms with Gasteiger partial charge in [0.25, 0.3) is 0 Å². The van der Waals surface area contributed by atoms with E-state index in [1.807, 2.05) is 13.0 Å². The van der Waals surface area contributed by atoms with Crippen LogP contribution in [0.1, 0.15) is 40.0 Å². The number of hydrogen-bond donors (Lipinski definition) is 1. The molecule has 1 N–H and O–H groups in total. The average Bonchev–Trinajstić information content (AvgIpc) is 2.41. The first-order valence-electron chi connectivity index (χ1n) is 6.42. The molecular formula is C12H21N2O5P. The summed E-state index contributed by atoms with van der Waals surface area (Å²) in [6.07, 6.45) is 0.635. The molecule has 8 heteroatoms. The van der Waals surface area contributed by atoms with Gasteiger partial charge in [0.2, 0.25) is 11.4 Å². The van der Waals surface area contributed by atoms with E-state index in [1.165, 1.54) is 6.92 Å². The lowest BCUT2D eigenvalue weighted by Crippen LogP contribution is -2.54. The van der Waals surface area contributed by atoms with Crippen molar-refractivity contribution in [1.82, 2.24) is 5.32 Å². The zero-order chi connectivity index (χ0) is 15.6. The highest BCUT2D eigenvalue weighted by atomic mass is 31.1. The van der Waals surface area contributed by atoms with Gasteiger partial charge in [-0.3, -0.25) is 9.36 Å². The number of amides is 1. The molecule has 114 valence electrons. The molecule has 0 fully saturated rings. The molecule has 7 nitrogen and oxygen atoms in total. The number of nitrogens with zero attached hydrogens (tertiary/aromatic N) is 1. The molecule has 0 aromatic rings. The van der Waals surface area contributed by atoms with E-state index < -0.39 is 26.1 Å². The van der Waals surface area contributed by atoms with Crippen LogP contribution in [-0.2, 0) is 23.4 Å². The van der Waals surface area contributed by atoms with E-state index in [1.54, 1.807) is 6.92 Å². The topological polar surface area (TPSA) is 105 Å². The van der Waals surface area contributed by atoms with Gasteiger partial charge >= 0.3 is 5.97 Å². The van der Waals surface area contributed by atoms with E-state index in [0.29, 0.717) is 12.8 Å². The summed E-state index contributed by atoms with van der Waals surface area (Å²) in [6.45, 7) is 4.80. The van der Waals surface area contributed by atoms with Crippen LogP contribution in [0.2, 0.25) is 0 Å². The van der Waals surface area contributed by atoms with Gasteiger partial charge in [0, 0.05) is 6.92 Å². The van der Waals surface area contributed by atoms with Crippen LogP contribution in [0.5, 0.6) is 0 Å². The molecule has 20 heavy (non-hydrogen) atoms. The molecule has 0 heterocycles. The highest BCUT2D eigenvalue weighted by Crippen LogP contribution is 2.21. The van der Waals surface area contributed by atoms with Crippen molar-refractivity contribution >= 4 is 20.6 Å². The summed E-state index contributed by atoms with van der Waals surface area (Å²) in [4.78, 5) is 23.2. The van der Waals surface area contributed by atoms with Crippen LogP contribution in [0.3, 0.4) is 0 Å². The van der Waals surface area contributed by atoms with E-state index in [9.17, 15) is 19.4 Å². The number of hydrogen-bond acceptors (Lipinski definition) is 6. The number of nitrogens with one attached hydrogen (secondary N) is 1. The lowest BCUT2D eigenvalue weighted by molar-refractivity contribution is -0.151. The number of rotatable bonds is 9. The molecule has 0 aliphatic heterocycles. The van der Waals surface area contributed by atoms with Crippen LogP contribution in [0.15, 0.2) is 0 Å². The van der Waals surface area contributed by atoms with E-state index in [2.05, 4.69) is 5.32 Å². The standard InChI is InChI=1S/C12H21N2O5P/c1-4-10(19-20-17)6-7-12(8-13,14-9(3)15)11(16)18-5-2/h10H,4-7,20H2,1-3H3,(H,14,15). The number of nitriles is 1. The summed E-state index contributed by atoms with van der Waals surface area (Å²) < 4.78 is 20.4. The summed E-state index contributed by atoms with van der Waals surface area (Å²) >= 11 is 0. The summed E-state index contributed by atoms with van der Waals surface area (Å²) in [5.41, 5.74) is -1.73. The SMILES string of the molecule is CCOC(=O)C(C#N)(CCC(CC)O[PH2]=O)NC(C)=O. The maximum Gasteiger partial charge on any atom is 0.346 e. The van der Waals surface area contributed by atoms with Crippen molar-refractivity contribution in [3.05, 3.63) is 0 Å². The lowest BCUT2D eigenvalue weighted by Gasteiger charge is -2.26. The fraction of sp³-hybridized carbons (Fsp3) is 0.750. The number of esters is 1. The molecule has 0 spiro atoms. The average molecular weight is 304 g/mol. The van der Waals surface area contributed by atoms with Crippen molar-refractivity contribution in [3.8, 4) is 6.07 Å². The molecule has 0 saturated carbocycles. The normalized spacial score (nSPS) is 15.3. The third-order valence-electron chi connectivity index (χ3n) is 2.75. The molecule has 0 aromatic heterocycles. The van der Waals surface area contributed by atoms with Crippen LogP contribution < -0.4 is 5.32 Å². The minimum Gasteiger partial charge on any atom is -0.463 e. The van der Waals surface area contributed by atoms with Crippen LogP contribution >= 0.6 is 8.69 Å². The van der Waals surface area contributed by atoms with Crippen molar-refractivity contribution in [2.45, 2.75) is 51.7 Å². The smallest absolute Gasteiger partial charge is 0.346 e. The highest BCUT2D eigenvalue weighted by molar-refractivity contribution is 7.17. The first-order chi connectivity index (χ1) is 9.45. The summed E-state index contributed by atoms with van der Waals surface area (Å²) in [5, 5.41) is 11.6. The molecule has 0 aliphatic rings. The maximum absolute atomic E-state index is 11.9. The van der Waals surface area contributed by atoms with Crippen molar-refractivity contribution in [1.29, 1.82) is 5.26 Å². The Balaban J connectivity index is 5.01. The van der Waals surface area contributed by atoms with Crippen LogP contribution in [0, 0.1) is 11.3 Å². The van der Waals surface area contributed by atoms with Crippen LogP contribution in [-0.4, -0.2) is 30.1 Å². The fourth-order valence-corrected chi connectivity index (χ4v) is 2.21. The second kappa shape index (κ2) is 9.51. The summed E-state index contributed by atoms with van der Waals surface area (Å²) in [5.74, 6) is -1.29. The zero-order valence-corrected chi connectivity index (χ0v) is 13.1. The van der Waals surface area contributed by atoms with Crippen molar-refractivity contribution < 1.29 is 23.4 Å². The van der Waals surface area contributed by atoms with Crippen molar-refractivity contribution in [2.75, 3.05) is 6.61 Å². The number of ether oxygens (including phenoxy) is 1. The maximum atomic E-state index is 11.9. The van der Waals surface area contributed by atoms with Gasteiger partial charge in [-0.15, -0.1) is 0 Å². The van der Waals surface area contributed by atoms with Gasteiger partial charge in [-0.25, -0.2) is 4.79 Å². The van der Waals surface area contributed by atoms with Gasteiger partial charge in [0.05, 0.1) is 12.7 Å². The lowest BCUT2D eigenvalue weighted by atomic mass is 9.92. The molecular weight excluding hydrogens is 283 g/mol. The Morgan fingerprint density at radius 2 is 2.10 bits per heavy atom. The minimum absolute atomic E-state index is 0.0415. The third kappa shape index (κ3) is 5.72. The molecule has 3 unspecified atom stereocenters. The van der Waals surface area contributed by atoms with Gasteiger partial charge in [0.1, 0.15) is 6.07 Å². The first kappa shape index (κ1) is 18.6. The van der Waals surface area contributed by atoms with Crippen molar-refractivity contribution in [3.63, 3.8) is 0 Å². The molecule has 0 bridgehead atoms. The molecule has 0 rings (SSSR count). The fourth-order valence-electron chi connectivity index (χ4n) is 1.72.